The van der Waals surface area contributed by atoms with Gasteiger partial charge < -0.3 is 20.0 Å². The molecule has 0 radical (unpaired) electrons. The van der Waals surface area contributed by atoms with E-state index in [1.165, 1.54) is 0 Å². The SMILES string of the molecule is Cc1ccc(NC(=O)N2CCN(C(=O)c3ccccc3N(C)C(=O)C3CC3)CC2)cc1Cl. The lowest BCUT2D eigenvalue weighted by molar-refractivity contribution is -0.119. The van der Waals surface area contributed by atoms with E-state index in [0.29, 0.717) is 48.1 Å². The lowest BCUT2D eigenvalue weighted by Gasteiger charge is -2.35. The fourth-order valence-corrected chi connectivity index (χ4v) is 4.01. The molecule has 168 valence electrons. The largest absolute Gasteiger partial charge is 0.335 e. The number of anilines is 2. The molecule has 8 heteroatoms. The highest BCUT2D eigenvalue weighted by molar-refractivity contribution is 6.31. The average molecular weight is 455 g/mol. The van der Waals surface area contributed by atoms with Gasteiger partial charge in [-0.3, -0.25) is 9.59 Å². The number of rotatable bonds is 4. The smallest absolute Gasteiger partial charge is 0.321 e. The van der Waals surface area contributed by atoms with Crippen LogP contribution < -0.4 is 10.2 Å². The molecule has 2 aliphatic rings. The zero-order valence-electron chi connectivity index (χ0n) is 18.3. The van der Waals surface area contributed by atoms with Crippen LogP contribution in [0.5, 0.6) is 0 Å². The molecule has 0 aromatic heterocycles. The predicted octanol–water partition coefficient (Wildman–Crippen LogP) is 4.01. The van der Waals surface area contributed by atoms with Crippen LogP contribution in [0, 0.1) is 12.8 Å². The topological polar surface area (TPSA) is 73.0 Å². The van der Waals surface area contributed by atoms with Gasteiger partial charge in [-0.1, -0.05) is 29.8 Å². The minimum Gasteiger partial charge on any atom is -0.335 e. The first kappa shape index (κ1) is 22.1. The van der Waals surface area contributed by atoms with Crippen LogP contribution in [0.2, 0.25) is 5.02 Å². The number of urea groups is 1. The number of para-hydroxylation sites is 1. The number of carbonyl (C=O) groups is 3. The minimum atomic E-state index is -0.216. The molecule has 1 saturated carbocycles. The molecule has 32 heavy (non-hydrogen) atoms. The summed E-state index contributed by atoms with van der Waals surface area (Å²) in [5.74, 6) is 0.0120. The molecule has 0 atom stereocenters. The third-order valence-corrected chi connectivity index (χ3v) is 6.44. The van der Waals surface area contributed by atoms with Crippen LogP contribution in [0.4, 0.5) is 16.2 Å². The summed E-state index contributed by atoms with van der Waals surface area (Å²) in [7, 11) is 1.73. The van der Waals surface area contributed by atoms with Crippen LogP contribution in [0.25, 0.3) is 0 Å². The van der Waals surface area contributed by atoms with Gasteiger partial charge in [0.05, 0.1) is 11.3 Å². The molecule has 1 heterocycles. The van der Waals surface area contributed by atoms with Gasteiger partial charge in [0.1, 0.15) is 0 Å². The lowest BCUT2D eigenvalue weighted by atomic mass is 10.1. The Labute approximate surface area is 192 Å². The van der Waals surface area contributed by atoms with Gasteiger partial charge in [-0.25, -0.2) is 4.79 Å². The molecule has 2 aromatic rings. The highest BCUT2D eigenvalue weighted by Crippen LogP contribution is 2.33. The zero-order valence-corrected chi connectivity index (χ0v) is 19.1. The van der Waals surface area contributed by atoms with Gasteiger partial charge >= 0.3 is 6.03 Å². The molecule has 1 N–H and O–H groups in total. The van der Waals surface area contributed by atoms with Crippen LogP contribution in [0.15, 0.2) is 42.5 Å². The van der Waals surface area contributed by atoms with E-state index in [-0.39, 0.29) is 23.8 Å². The summed E-state index contributed by atoms with van der Waals surface area (Å²) in [4.78, 5) is 43.4. The van der Waals surface area contributed by atoms with Crippen LogP contribution >= 0.6 is 11.6 Å². The predicted molar refractivity (Wildman–Crippen MR) is 125 cm³/mol. The Bertz CT molecular complexity index is 1050. The van der Waals surface area contributed by atoms with E-state index in [9.17, 15) is 14.4 Å². The van der Waals surface area contributed by atoms with Crippen molar-refractivity contribution in [3.63, 3.8) is 0 Å². The molecule has 4 rings (SSSR count). The highest BCUT2D eigenvalue weighted by atomic mass is 35.5. The van der Waals surface area contributed by atoms with Gasteiger partial charge in [-0.2, -0.15) is 0 Å². The number of amides is 4. The molecule has 0 unspecified atom stereocenters. The number of nitrogens with one attached hydrogen (secondary N) is 1. The lowest BCUT2D eigenvalue weighted by Crippen LogP contribution is -2.51. The van der Waals surface area contributed by atoms with Gasteiger partial charge in [-0.05, 0) is 49.6 Å². The maximum atomic E-state index is 13.2. The maximum Gasteiger partial charge on any atom is 0.321 e. The summed E-state index contributed by atoms with van der Waals surface area (Å²) in [5, 5.41) is 3.46. The zero-order chi connectivity index (χ0) is 22.8. The second-order valence-electron chi connectivity index (χ2n) is 8.36. The Balaban J connectivity index is 1.38. The molecular formula is C24H27ClN4O3. The number of hydrogen-bond donors (Lipinski definition) is 1. The van der Waals surface area contributed by atoms with Crippen LogP contribution in [0.1, 0.15) is 28.8 Å². The fraction of sp³-hybridized carbons (Fsp3) is 0.375. The maximum absolute atomic E-state index is 13.2. The molecule has 7 nitrogen and oxygen atoms in total. The van der Waals surface area contributed by atoms with Crippen molar-refractivity contribution in [1.82, 2.24) is 9.80 Å². The molecule has 0 spiro atoms. The third kappa shape index (κ3) is 4.72. The minimum absolute atomic E-state index is 0.0583. The van der Waals surface area contributed by atoms with Crippen molar-refractivity contribution < 1.29 is 14.4 Å². The third-order valence-electron chi connectivity index (χ3n) is 6.03. The van der Waals surface area contributed by atoms with Crippen molar-refractivity contribution in [2.45, 2.75) is 19.8 Å². The van der Waals surface area contributed by atoms with E-state index in [2.05, 4.69) is 5.32 Å². The Hall–Kier alpha value is -3.06. The molecule has 1 aliphatic carbocycles. The van der Waals surface area contributed by atoms with Crippen LogP contribution in [-0.2, 0) is 4.79 Å². The van der Waals surface area contributed by atoms with Crippen LogP contribution in [0.3, 0.4) is 0 Å². The Morgan fingerprint density at radius 3 is 2.31 bits per heavy atom. The molecule has 1 saturated heterocycles. The molecule has 1 aliphatic heterocycles. The number of nitrogens with zero attached hydrogens (tertiary/aromatic N) is 3. The summed E-state index contributed by atoms with van der Waals surface area (Å²) < 4.78 is 0. The first-order valence-electron chi connectivity index (χ1n) is 10.8. The van der Waals surface area contributed by atoms with E-state index in [1.54, 1.807) is 33.9 Å². The quantitative estimate of drug-likeness (QED) is 0.758. The second-order valence-corrected chi connectivity index (χ2v) is 8.77. The van der Waals surface area contributed by atoms with Gasteiger partial charge in [0.2, 0.25) is 5.91 Å². The van der Waals surface area contributed by atoms with Crippen molar-refractivity contribution in [2.24, 2.45) is 5.92 Å². The number of halogens is 1. The average Bonchev–Trinajstić information content (AvgIpc) is 3.65. The molecule has 0 bridgehead atoms. The fourth-order valence-electron chi connectivity index (χ4n) is 3.83. The number of hydrogen-bond acceptors (Lipinski definition) is 3. The van der Waals surface area contributed by atoms with E-state index < -0.39 is 0 Å². The monoisotopic (exact) mass is 454 g/mol. The van der Waals surface area contributed by atoms with E-state index in [1.807, 2.05) is 37.3 Å². The summed E-state index contributed by atoms with van der Waals surface area (Å²) >= 11 is 6.14. The van der Waals surface area contributed by atoms with E-state index in [4.69, 9.17) is 11.6 Å². The summed E-state index contributed by atoms with van der Waals surface area (Å²) in [6.07, 6.45) is 1.83. The number of piperazine rings is 1. The van der Waals surface area contributed by atoms with Gasteiger partial charge in [0.25, 0.3) is 5.91 Å². The van der Waals surface area contributed by atoms with Crippen molar-refractivity contribution >= 4 is 40.8 Å². The van der Waals surface area contributed by atoms with Crippen molar-refractivity contribution in [3.8, 4) is 0 Å². The summed E-state index contributed by atoms with van der Waals surface area (Å²) in [6, 6.07) is 12.4. The summed E-state index contributed by atoms with van der Waals surface area (Å²) in [6.45, 7) is 3.61. The second kappa shape index (κ2) is 9.20. The molecule has 2 fully saturated rings. The normalized spacial score (nSPS) is 16.0. The Morgan fingerprint density at radius 2 is 1.66 bits per heavy atom. The molecule has 2 aromatic carbocycles. The highest BCUT2D eigenvalue weighted by Gasteiger charge is 2.34. The number of benzene rings is 2. The van der Waals surface area contributed by atoms with E-state index in [0.717, 1.165) is 18.4 Å². The first-order valence-corrected chi connectivity index (χ1v) is 11.2. The summed E-state index contributed by atoms with van der Waals surface area (Å²) in [5.41, 5.74) is 2.73. The molecule has 4 amide bonds. The molecular weight excluding hydrogens is 428 g/mol. The van der Waals surface area contributed by atoms with Crippen LogP contribution in [-0.4, -0.2) is 60.9 Å². The number of aryl methyl sites for hydroxylation is 1. The van der Waals surface area contributed by atoms with Gasteiger partial charge in [0.15, 0.2) is 0 Å². The van der Waals surface area contributed by atoms with E-state index >= 15 is 0 Å². The number of carbonyl (C=O) groups excluding carboxylic acids is 3. The van der Waals surface area contributed by atoms with Gasteiger partial charge in [0, 0.05) is 49.9 Å². The Morgan fingerprint density at radius 1 is 1.00 bits per heavy atom. The van der Waals surface area contributed by atoms with Gasteiger partial charge in [-0.15, -0.1) is 0 Å². The standard InChI is InChI=1S/C24H27ClN4O3/c1-16-7-10-18(15-20(16)25)26-24(32)29-13-11-28(12-14-29)23(31)19-5-3-4-6-21(19)27(2)22(30)17-8-9-17/h3-7,10,15,17H,8-9,11-14H2,1-2H3,(H,26,32). The first-order chi connectivity index (χ1) is 15.3. The van der Waals surface area contributed by atoms with Crippen molar-refractivity contribution in [3.05, 3.63) is 58.6 Å². The van der Waals surface area contributed by atoms with Crippen molar-refractivity contribution in [1.29, 1.82) is 0 Å². The van der Waals surface area contributed by atoms with Crippen molar-refractivity contribution in [2.75, 3.05) is 43.4 Å². The Kier molecular flexibility index (Phi) is 6.37.